The molecule has 0 spiro atoms. The van der Waals surface area contributed by atoms with Crippen LogP contribution in [0.5, 0.6) is 0 Å². The summed E-state index contributed by atoms with van der Waals surface area (Å²) in [7, 11) is 6.02. The van der Waals surface area contributed by atoms with Crippen LogP contribution in [0.25, 0.3) is 0 Å². The lowest BCUT2D eigenvalue weighted by Gasteiger charge is -2.25. The molecule has 1 aromatic rings. The van der Waals surface area contributed by atoms with E-state index in [0.717, 1.165) is 30.6 Å². The van der Waals surface area contributed by atoms with E-state index in [1.165, 1.54) is 5.56 Å². The van der Waals surface area contributed by atoms with E-state index in [2.05, 4.69) is 37.2 Å². The Morgan fingerprint density at radius 1 is 1.42 bits per heavy atom. The van der Waals surface area contributed by atoms with Gasteiger partial charge in [-0.3, -0.25) is 4.79 Å². The predicted octanol–water partition coefficient (Wildman–Crippen LogP) is 1.55. The number of rotatable bonds is 5. The first-order valence-electron chi connectivity index (χ1n) is 6.80. The summed E-state index contributed by atoms with van der Waals surface area (Å²) in [5, 5.41) is 0. The molecule has 1 aromatic carbocycles. The maximum absolute atomic E-state index is 11.7. The Morgan fingerprint density at radius 2 is 2.16 bits per heavy atom. The fraction of sp³-hybridized carbons (Fsp3) is 0.533. The molecule has 1 unspecified atom stereocenters. The number of carbonyl (C=O) groups is 1. The lowest BCUT2D eigenvalue weighted by atomic mass is 9.98. The first kappa shape index (κ1) is 14.0. The zero-order chi connectivity index (χ0) is 14.0. The minimum absolute atomic E-state index is 0.176. The van der Waals surface area contributed by atoms with Gasteiger partial charge in [-0.2, -0.15) is 0 Å². The average molecular weight is 261 g/mol. The summed E-state index contributed by atoms with van der Waals surface area (Å²) < 4.78 is 0. The molecule has 1 aliphatic rings. The number of hydrogen-bond acceptors (Lipinski definition) is 3. The molecule has 1 amide bonds. The van der Waals surface area contributed by atoms with E-state index in [0.29, 0.717) is 12.5 Å². The van der Waals surface area contributed by atoms with Crippen molar-refractivity contribution in [2.24, 2.45) is 5.73 Å². The van der Waals surface area contributed by atoms with Crippen LogP contribution in [0, 0.1) is 0 Å². The van der Waals surface area contributed by atoms with Crippen molar-refractivity contribution in [1.82, 2.24) is 4.90 Å². The molecule has 0 saturated carbocycles. The van der Waals surface area contributed by atoms with Crippen LogP contribution in [-0.2, 0) is 11.2 Å². The summed E-state index contributed by atoms with van der Waals surface area (Å²) in [4.78, 5) is 15.7. The van der Waals surface area contributed by atoms with E-state index >= 15 is 0 Å². The molecule has 4 heteroatoms. The number of anilines is 1. The Bertz CT molecular complexity index is 470. The second-order valence-corrected chi connectivity index (χ2v) is 5.43. The third kappa shape index (κ3) is 2.80. The Labute approximate surface area is 115 Å². The van der Waals surface area contributed by atoms with E-state index in [9.17, 15) is 4.79 Å². The number of nitrogens with two attached hydrogens (primary N) is 1. The van der Waals surface area contributed by atoms with Gasteiger partial charge in [-0.25, -0.2) is 0 Å². The molecule has 1 atom stereocenters. The summed E-state index contributed by atoms with van der Waals surface area (Å²) >= 11 is 0. The first-order valence-corrected chi connectivity index (χ1v) is 6.80. The van der Waals surface area contributed by atoms with Crippen LogP contribution < -0.4 is 10.6 Å². The van der Waals surface area contributed by atoms with Crippen molar-refractivity contribution < 1.29 is 4.79 Å². The van der Waals surface area contributed by atoms with Crippen LogP contribution in [0.2, 0.25) is 0 Å². The van der Waals surface area contributed by atoms with Crippen molar-refractivity contribution in [3.8, 4) is 0 Å². The van der Waals surface area contributed by atoms with Gasteiger partial charge >= 0.3 is 0 Å². The summed E-state index contributed by atoms with van der Waals surface area (Å²) in [5.41, 5.74) is 9.08. The molecule has 19 heavy (non-hydrogen) atoms. The summed E-state index contributed by atoms with van der Waals surface area (Å²) in [6, 6.07) is 6.75. The number of likely N-dealkylation sites (N-methyl/N-ethyl adjacent to an activating group) is 1. The molecule has 1 aliphatic heterocycles. The van der Waals surface area contributed by atoms with Crippen molar-refractivity contribution in [2.75, 3.05) is 32.6 Å². The third-order valence-corrected chi connectivity index (χ3v) is 3.87. The lowest BCUT2D eigenvalue weighted by molar-refractivity contribution is -0.117. The molecular formula is C15H23N3O. The molecule has 0 aromatic heterocycles. The predicted molar refractivity (Wildman–Crippen MR) is 78.3 cm³/mol. The quantitative estimate of drug-likeness (QED) is 0.875. The molecule has 0 saturated heterocycles. The van der Waals surface area contributed by atoms with Crippen LogP contribution in [-0.4, -0.2) is 38.5 Å². The molecule has 0 radical (unpaired) electrons. The maximum atomic E-state index is 11.7. The second kappa shape index (κ2) is 5.72. The smallest absolute Gasteiger partial charge is 0.231 e. The Hall–Kier alpha value is -1.39. The van der Waals surface area contributed by atoms with Gasteiger partial charge < -0.3 is 15.5 Å². The summed E-state index contributed by atoms with van der Waals surface area (Å²) in [5.74, 6) is 0.176. The van der Waals surface area contributed by atoms with Crippen molar-refractivity contribution >= 4 is 11.6 Å². The molecule has 0 fully saturated rings. The molecule has 1 heterocycles. The van der Waals surface area contributed by atoms with Gasteiger partial charge in [0.25, 0.3) is 0 Å². The van der Waals surface area contributed by atoms with Gasteiger partial charge in [0.2, 0.25) is 5.91 Å². The number of amides is 1. The van der Waals surface area contributed by atoms with Gasteiger partial charge in [-0.05, 0) is 50.7 Å². The first-order chi connectivity index (χ1) is 9.04. The van der Waals surface area contributed by atoms with Gasteiger partial charge in [0.1, 0.15) is 0 Å². The number of carbonyl (C=O) groups excluding carboxylic acids is 1. The third-order valence-electron chi connectivity index (χ3n) is 3.87. The van der Waals surface area contributed by atoms with Gasteiger partial charge in [-0.1, -0.05) is 12.1 Å². The fourth-order valence-electron chi connectivity index (χ4n) is 2.73. The van der Waals surface area contributed by atoms with Gasteiger partial charge in [0, 0.05) is 18.8 Å². The van der Waals surface area contributed by atoms with Gasteiger partial charge in [-0.15, -0.1) is 0 Å². The summed E-state index contributed by atoms with van der Waals surface area (Å²) in [6.07, 6.45) is 2.58. The highest BCUT2D eigenvalue weighted by Gasteiger charge is 2.25. The SMILES string of the molecule is CN1C(=O)Cc2cc(C(CCCN)N(C)C)ccc21. The van der Waals surface area contributed by atoms with E-state index in [4.69, 9.17) is 5.73 Å². The van der Waals surface area contributed by atoms with Crippen LogP contribution >= 0.6 is 0 Å². The van der Waals surface area contributed by atoms with Crippen molar-refractivity contribution in [2.45, 2.75) is 25.3 Å². The highest BCUT2D eigenvalue weighted by molar-refractivity contribution is 6.00. The maximum Gasteiger partial charge on any atom is 0.231 e. The van der Waals surface area contributed by atoms with E-state index in [-0.39, 0.29) is 5.91 Å². The molecule has 2 rings (SSSR count). The molecular weight excluding hydrogens is 238 g/mol. The van der Waals surface area contributed by atoms with Gasteiger partial charge in [0.15, 0.2) is 0 Å². The topological polar surface area (TPSA) is 49.6 Å². The lowest BCUT2D eigenvalue weighted by Crippen LogP contribution is -2.21. The van der Waals surface area contributed by atoms with Crippen molar-refractivity contribution in [3.63, 3.8) is 0 Å². The molecule has 104 valence electrons. The Balaban J connectivity index is 2.26. The molecule has 2 N–H and O–H groups in total. The number of fused-ring (bicyclic) bond motifs is 1. The largest absolute Gasteiger partial charge is 0.330 e. The number of nitrogens with zero attached hydrogens (tertiary/aromatic N) is 2. The normalized spacial score (nSPS) is 16.1. The minimum Gasteiger partial charge on any atom is -0.330 e. The summed E-state index contributed by atoms with van der Waals surface area (Å²) in [6.45, 7) is 0.719. The van der Waals surface area contributed by atoms with E-state index < -0.39 is 0 Å². The van der Waals surface area contributed by atoms with Crippen LogP contribution in [0.4, 0.5) is 5.69 Å². The van der Waals surface area contributed by atoms with Crippen LogP contribution in [0.15, 0.2) is 18.2 Å². The molecule has 0 aliphatic carbocycles. The second-order valence-electron chi connectivity index (χ2n) is 5.43. The number of hydrogen-bond donors (Lipinski definition) is 1. The zero-order valence-electron chi connectivity index (χ0n) is 12.0. The minimum atomic E-state index is 0.176. The average Bonchev–Trinajstić information content (AvgIpc) is 2.65. The van der Waals surface area contributed by atoms with E-state index in [1.54, 1.807) is 4.90 Å². The zero-order valence-corrected chi connectivity index (χ0v) is 12.0. The number of benzene rings is 1. The van der Waals surface area contributed by atoms with Crippen molar-refractivity contribution in [1.29, 1.82) is 0 Å². The fourth-order valence-corrected chi connectivity index (χ4v) is 2.73. The van der Waals surface area contributed by atoms with E-state index in [1.807, 2.05) is 7.05 Å². The molecule has 4 nitrogen and oxygen atoms in total. The van der Waals surface area contributed by atoms with Crippen molar-refractivity contribution in [3.05, 3.63) is 29.3 Å². The highest BCUT2D eigenvalue weighted by Crippen LogP contribution is 2.32. The monoisotopic (exact) mass is 261 g/mol. The molecule has 0 bridgehead atoms. The van der Waals surface area contributed by atoms with Crippen LogP contribution in [0.1, 0.15) is 30.0 Å². The van der Waals surface area contributed by atoms with Crippen LogP contribution in [0.3, 0.4) is 0 Å². The van der Waals surface area contributed by atoms with Gasteiger partial charge in [0.05, 0.1) is 6.42 Å². The Kier molecular flexibility index (Phi) is 4.22. The standard InChI is InChI=1S/C15H23N3O/c1-17(2)13(5-4-8-16)11-6-7-14-12(9-11)10-15(19)18(14)3/h6-7,9,13H,4-5,8,10,16H2,1-3H3. The highest BCUT2D eigenvalue weighted by atomic mass is 16.2. The Morgan fingerprint density at radius 3 is 2.79 bits per heavy atom.